The molecule has 0 saturated heterocycles. The molecule has 1 aliphatic heterocycles. The highest BCUT2D eigenvalue weighted by Gasteiger charge is 2.30. The van der Waals surface area contributed by atoms with E-state index in [-0.39, 0.29) is 10.0 Å². The molecule has 2 N–H and O–H groups in total. The van der Waals surface area contributed by atoms with Gasteiger partial charge in [-0.3, -0.25) is 14.4 Å². The number of hydrogen-bond donors (Lipinski definition) is 2. The van der Waals surface area contributed by atoms with Crippen LogP contribution in [0.4, 0.5) is 11.4 Å². The number of hydrogen-bond acceptors (Lipinski definition) is 4. The molecule has 0 radical (unpaired) electrons. The van der Waals surface area contributed by atoms with E-state index < -0.39 is 15.9 Å². The first kappa shape index (κ1) is 21.3. The van der Waals surface area contributed by atoms with Crippen LogP contribution in [0.1, 0.15) is 15.9 Å². The van der Waals surface area contributed by atoms with Crippen LogP contribution in [0, 0.1) is 0 Å². The molecule has 0 atom stereocenters. The van der Waals surface area contributed by atoms with E-state index in [2.05, 4.69) is 10.6 Å². The second-order valence-corrected chi connectivity index (χ2v) is 9.55. The number of halogens is 1. The number of carbonyl (C=O) groups excluding carboxylic acids is 1. The molecule has 158 valence electrons. The zero-order chi connectivity index (χ0) is 22.0. The lowest BCUT2D eigenvalue weighted by Gasteiger charge is -2.19. The number of fused-ring (bicyclic) bond motifs is 1. The van der Waals surface area contributed by atoms with Crippen molar-refractivity contribution in [2.24, 2.45) is 0 Å². The lowest BCUT2D eigenvalue weighted by molar-refractivity contribution is 0.0978. The van der Waals surface area contributed by atoms with Gasteiger partial charge in [-0.25, -0.2) is 8.42 Å². The predicted octanol–water partition coefficient (Wildman–Crippen LogP) is 4.22. The molecule has 0 bridgehead atoms. The van der Waals surface area contributed by atoms with Crippen molar-refractivity contribution in [1.29, 1.82) is 0 Å². The molecule has 0 aromatic heterocycles. The summed E-state index contributed by atoms with van der Waals surface area (Å²) in [6, 6.07) is 20.4. The third-order valence-electron chi connectivity index (χ3n) is 4.89. The van der Waals surface area contributed by atoms with Crippen LogP contribution in [0.2, 0.25) is 5.02 Å². The van der Waals surface area contributed by atoms with Crippen LogP contribution >= 0.6 is 23.8 Å². The van der Waals surface area contributed by atoms with Gasteiger partial charge in [0.1, 0.15) is 0 Å². The minimum absolute atomic E-state index is 0.0778. The number of benzene rings is 3. The number of nitrogens with zero attached hydrogens (tertiary/aromatic N) is 1. The van der Waals surface area contributed by atoms with Crippen LogP contribution in [0.5, 0.6) is 0 Å². The van der Waals surface area contributed by atoms with Crippen molar-refractivity contribution in [2.75, 3.05) is 16.2 Å². The first-order valence-corrected chi connectivity index (χ1v) is 11.7. The van der Waals surface area contributed by atoms with Gasteiger partial charge >= 0.3 is 0 Å². The number of thiocarbonyl (C=S) groups is 1. The molecule has 1 amide bonds. The molecule has 0 fully saturated rings. The van der Waals surface area contributed by atoms with Gasteiger partial charge < -0.3 is 5.32 Å². The lowest BCUT2D eigenvalue weighted by atomic mass is 10.2. The first-order valence-electron chi connectivity index (χ1n) is 9.44. The Balaban J connectivity index is 1.44. The van der Waals surface area contributed by atoms with E-state index in [4.69, 9.17) is 23.8 Å². The maximum atomic E-state index is 13.1. The summed E-state index contributed by atoms with van der Waals surface area (Å²) >= 11 is 11.2. The maximum absolute atomic E-state index is 13.1. The van der Waals surface area contributed by atoms with Crippen LogP contribution in [0.15, 0.2) is 77.7 Å². The van der Waals surface area contributed by atoms with Crippen LogP contribution in [0.3, 0.4) is 0 Å². The Labute approximate surface area is 190 Å². The van der Waals surface area contributed by atoms with E-state index in [1.165, 1.54) is 16.4 Å². The summed E-state index contributed by atoms with van der Waals surface area (Å²) in [5, 5.41) is 5.83. The highest BCUT2D eigenvalue weighted by molar-refractivity contribution is 7.92. The Kier molecular flexibility index (Phi) is 5.95. The average Bonchev–Trinajstić information content (AvgIpc) is 3.19. The van der Waals surface area contributed by atoms with E-state index in [9.17, 15) is 13.2 Å². The van der Waals surface area contributed by atoms with Crippen LogP contribution in [-0.4, -0.2) is 26.0 Å². The van der Waals surface area contributed by atoms with Crippen molar-refractivity contribution in [3.05, 3.63) is 88.9 Å². The Bertz CT molecular complexity index is 1260. The Morgan fingerprint density at radius 3 is 2.39 bits per heavy atom. The summed E-state index contributed by atoms with van der Waals surface area (Å²) in [5.41, 5.74) is 2.59. The van der Waals surface area contributed by atoms with Gasteiger partial charge in [0.2, 0.25) is 0 Å². The molecule has 1 heterocycles. The summed E-state index contributed by atoms with van der Waals surface area (Å²) in [5.74, 6) is -0.435. The van der Waals surface area contributed by atoms with Gasteiger partial charge in [-0.2, -0.15) is 0 Å². The quantitative estimate of drug-likeness (QED) is 0.557. The zero-order valence-corrected chi connectivity index (χ0v) is 18.6. The summed E-state index contributed by atoms with van der Waals surface area (Å²) in [6.45, 7) is 0.417. The number of nitrogens with one attached hydrogen (secondary N) is 2. The van der Waals surface area contributed by atoms with E-state index >= 15 is 0 Å². The van der Waals surface area contributed by atoms with E-state index in [1.54, 1.807) is 36.4 Å². The van der Waals surface area contributed by atoms with Gasteiger partial charge in [-0.1, -0.05) is 41.9 Å². The second-order valence-electron chi connectivity index (χ2n) is 6.87. The van der Waals surface area contributed by atoms with Crippen molar-refractivity contribution < 1.29 is 13.2 Å². The Morgan fingerprint density at radius 1 is 0.968 bits per heavy atom. The number of sulfonamides is 1. The van der Waals surface area contributed by atoms with Gasteiger partial charge in [0, 0.05) is 12.2 Å². The van der Waals surface area contributed by atoms with Crippen molar-refractivity contribution >= 4 is 56.2 Å². The fourth-order valence-electron chi connectivity index (χ4n) is 3.37. The fraction of sp³-hybridized carbons (Fsp3) is 0.0909. The summed E-state index contributed by atoms with van der Waals surface area (Å²) in [4.78, 5) is 12.5. The largest absolute Gasteiger partial charge is 0.332 e. The first-order chi connectivity index (χ1) is 14.9. The van der Waals surface area contributed by atoms with Crippen molar-refractivity contribution in [3.8, 4) is 0 Å². The minimum atomic E-state index is -3.67. The Morgan fingerprint density at radius 2 is 1.65 bits per heavy atom. The fourth-order valence-corrected chi connectivity index (χ4v) is 5.31. The number of para-hydroxylation sites is 1. The molecule has 0 unspecified atom stereocenters. The summed E-state index contributed by atoms with van der Waals surface area (Å²) in [6.07, 6.45) is 0.689. The van der Waals surface area contributed by atoms with Crippen LogP contribution in [0.25, 0.3) is 0 Å². The Hall–Kier alpha value is -2.94. The lowest BCUT2D eigenvalue weighted by Crippen LogP contribution is -2.34. The maximum Gasteiger partial charge on any atom is 0.264 e. The van der Waals surface area contributed by atoms with Crippen LogP contribution in [-0.2, 0) is 16.4 Å². The SMILES string of the molecule is O=C(NC(=S)Nc1ccc(S(=O)(=O)N2CCc3ccccc32)cc1)c1ccccc1Cl. The van der Waals surface area contributed by atoms with Crippen molar-refractivity contribution in [3.63, 3.8) is 0 Å². The minimum Gasteiger partial charge on any atom is -0.332 e. The molecule has 0 saturated carbocycles. The van der Waals surface area contributed by atoms with Gasteiger partial charge in [-0.05, 0) is 66.7 Å². The standard InChI is InChI=1S/C22H18ClN3O3S2/c23-19-7-3-2-6-18(19)21(27)25-22(30)24-16-9-11-17(12-10-16)31(28,29)26-14-13-15-5-1-4-8-20(15)26/h1-12H,13-14H2,(H2,24,25,27,30). The highest BCUT2D eigenvalue weighted by atomic mass is 35.5. The van der Waals surface area contributed by atoms with Gasteiger partial charge in [0.05, 0.1) is 21.2 Å². The van der Waals surface area contributed by atoms with Crippen LogP contribution < -0.4 is 14.9 Å². The second kappa shape index (κ2) is 8.66. The topological polar surface area (TPSA) is 78.5 Å². The number of amides is 1. The third-order valence-corrected chi connectivity index (χ3v) is 7.25. The van der Waals surface area contributed by atoms with Gasteiger partial charge in [0.15, 0.2) is 5.11 Å². The molecule has 31 heavy (non-hydrogen) atoms. The number of anilines is 2. The monoisotopic (exact) mass is 471 g/mol. The molecular weight excluding hydrogens is 454 g/mol. The number of carbonyl (C=O) groups is 1. The summed E-state index contributed by atoms with van der Waals surface area (Å²) < 4.78 is 27.6. The van der Waals surface area contributed by atoms with Crippen molar-refractivity contribution in [2.45, 2.75) is 11.3 Å². The molecule has 6 nitrogen and oxygen atoms in total. The molecule has 1 aliphatic rings. The molecule has 3 aromatic rings. The highest BCUT2D eigenvalue weighted by Crippen LogP contribution is 2.32. The molecule has 3 aromatic carbocycles. The molecule has 9 heteroatoms. The third kappa shape index (κ3) is 4.41. The smallest absolute Gasteiger partial charge is 0.264 e. The van der Waals surface area contributed by atoms with E-state index in [1.807, 2.05) is 24.3 Å². The summed E-state index contributed by atoms with van der Waals surface area (Å²) in [7, 11) is -3.67. The molecular formula is C22H18ClN3O3S2. The zero-order valence-electron chi connectivity index (χ0n) is 16.2. The molecule has 0 spiro atoms. The molecule has 4 rings (SSSR count). The predicted molar refractivity (Wildman–Crippen MR) is 126 cm³/mol. The number of rotatable bonds is 4. The average molecular weight is 472 g/mol. The molecule has 0 aliphatic carbocycles. The van der Waals surface area contributed by atoms with E-state index in [0.717, 1.165) is 5.56 Å². The van der Waals surface area contributed by atoms with Crippen molar-refractivity contribution in [1.82, 2.24) is 5.32 Å². The van der Waals surface area contributed by atoms with Gasteiger partial charge in [-0.15, -0.1) is 0 Å². The normalized spacial score (nSPS) is 12.9. The van der Waals surface area contributed by atoms with E-state index in [0.29, 0.717) is 34.9 Å². The van der Waals surface area contributed by atoms with Gasteiger partial charge in [0.25, 0.3) is 15.9 Å².